The predicted molar refractivity (Wildman–Crippen MR) is 51.1 cm³/mol. The molecule has 64 valence electrons. The number of rotatable bonds is 0. The molecule has 0 aliphatic carbocycles. The first-order valence-electron chi connectivity index (χ1n) is 3.88. The highest BCUT2D eigenvalue weighted by Gasteiger charge is 2.35. The molecule has 0 bridgehead atoms. The SMILES string of the molecule is [2H][C@]1(Cl)c2ccccc2[S@](=O)[C@H]1Cl. The average Bonchev–Trinajstić information content (AvgIpc) is 2.30. The van der Waals surface area contributed by atoms with E-state index in [-0.39, 0.29) is 0 Å². The number of benzene rings is 1. The third-order valence-corrected chi connectivity index (χ3v) is 4.52. The molecule has 0 amide bonds. The van der Waals surface area contributed by atoms with Gasteiger partial charge in [0, 0.05) is 4.90 Å². The number of hydrogen-bond acceptors (Lipinski definition) is 1. The second-order valence-electron chi connectivity index (χ2n) is 2.46. The van der Waals surface area contributed by atoms with E-state index in [0.29, 0.717) is 10.5 Å². The fourth-order valence-corrected chi connectivity index (χ4v) is 3.18. The number of hydrogen-bond donors (Lipinski definition) is 0. The molecule has 0 N–H and O–H groups in total. The Morgan fingerprint density at radius 3 is 2.75 bits per heavy atom. The van der Waals surface area contributed by atoms with Crippen LogP contribution in [0.15, 0.2) is 29.2 Å². The molecule has 1 aromatic carbocycles. The second-order valence-corrected chi connectivity index (χ2v) is 5.07. The van der Waals surface area contributed by atoms with Crippen molar-refractivity contribution in [3.63, 3.8) is 0 Å². The smallest absolute Gasteiger partial charge is 0.134 e. The van der Waals surface area contributed by atoms with Gasteiger partial charge in [0.25, 0.3) is 0 Å². The standard InChI is InChI=1S/C8H6Cl2OS/c9-7-5-3-1-2-4-6(5)12(11)8(7)10/h1-4,7-8H/t7-,8+,12-/m0/s1/i7D. The van der Waals surface area contributed by atoms with Crippen molar-refractivity contribution in [3.05, 3.63) is 29.8 Å². The molecule has 1 heterocycles. The Balaban J connectivity index is 2.68. The molecule has 0 saturated carbocycles. The summed E-state index contributed by atoms with van der Waals surface area (Å²) in [5.41, 5.74) is 0.551. The number of halogens is 2. The number of fused-ring (bicyclic) bond motifs is 1. The van der Waals surface area contributed by atoms with Crippen molar-refractivity contribution in [2.45, 2.75) is 15.0 Å². The lowest BCUT2D eigenvalue weighted by Gasteiger charge is -2.01. The molecule has 1 aliphatic rings. The fraction of sp³-hybridized carbons (Fsp3) is 0.250. The van der Waals surface area contributed by atoms with Gasteiger partial charge in [-0.3, -0.25) is 4.21 Å². The van der Waals surface area contributed by atoms with Crippen LogP contribution < -0.4 is 0 Å². The maximum atomic E-state index is 11.6. The summed E-state index contributed by atoms with van der Waals surface area (Å²) in [6, 6.07) is 6.91. The first kappa shape index (κ1) is 7.36. The topological polar surface area (TPSA) is 17.1 Å². The van der Waals surface area contributed by atoms with E-state index in [4.69, 9.17) is 24.6 Å². The van der Waals surface area contributed by atoms with Crippen molar-refractivity contribution < 1.29 is 5.58 Å². The van der Waals surface area contributed by atoms with Gasteiger partial charge in [0.15, 0.2) is 0 Å². The molecular formula is C8H6Cl2OS. The molecule has 0 unspecified atom stereocenters. The summed E-state index contributed by atoms with van der Waals surface area (Å²) >= 11 is 11.7. The van der Waals surface area contributed by atoms with Crippen LogP contribution in [-0.2, 0) is 10.8 Å². The summed E-state index contributed by atoms with van der Waals surface area (Å²) in [6.45, 7) is 0. The Labute approximate surface area is 84.5 Å². The van der Waals surface area contributed by atoms with Gasteiger partial charge in [-0.1, -0.05) is 18.2 Å². The van der Waals surface area contributed by atoms with E-state index in [2.05, 4.69) is 0 Å². The molecule has 0 spiro atoms. The van der Waals surface area contributed by atoms with E-state index in [0.717, 1.165) is 0 Å². The van der Waals surface area contributed by atoms with Crippen molar-refractivity contribution >= 4 is 34.0 Å². The Morgan fingerprint density at radius 2 is 2.08 bits per heavy atom. The first-order valence-corrected chi connectivity index (χ1v) is 5.41. The maximum Gasteiger partial charge on any atom is 0.134 e. The van der Waals surface area contributed by atoms with Gasteiger partial charge in [-0.05, 0) is 11.6 Å². The lowest BCUT2D eigenvalue weighted by Crippen LogP contribution is -2.02. The highest BCUT2D eigenvalue weighted by molar-refractivity contribution is 7.87. The van der Waals surface area contributed by atoms with Gasteiger partial charge >= 0.3 is 0 Å². The molecule has 12 heavy (non-hydrogen) atoms. The van der Waals surface area contributed by atoms with E-state index in [1.165, 1.54) is 0 Å². The van der Waals surface area contributed by atoms with Gasteiger partial charge in [0.2, 0.25) is 0 Å². The van der Waals surface area contributed by atoms with Gasteiger partial charge in [-0.25, -0.2) is 0 Å². The van der Waals surface area contributed by atoms with Gasteiger partial charge in [-0.15, -0.1) is 23.2 Å². The minimum absolute atomic E-state index is 0.551. The van der Waals surface area contributed by atoms with E-state index < -0.39 is 20.9 Å². The summed E-state index contributed by atoms with van der Waals surface area (Å²) in [4.78, 5) is 0.576. The van der Waals surface area contributed by atoms with Gasteiger partial charge in [0.05, 0.1) is 17.5 Å². The van der Waals surface area contributed by atoms with Crippen molar-refractivity contribution in [3.8, 4) is 0 Å². The van der Waals surface area contributed by atoms with Gasteiger partial charge in [0.1, 0.15) is 4.71 Å². The summed E-state index contributed by atoms with van der Waals surface area (Å²) < 4.78 is 18.5. The van der Waals surface area contributed by atoms with Crippen LogP contribution >= 0.6 is 23.2 Å². The molecule has 0 saturated heterocycles. The summed E-state index contributed by atoms with van der Waals surface area (Å²) in [7, 11) is -1.37. The molecule has 1 aromatic rings. The third-order valence-electron chi connectivity index (χ3n) is 1.75. The highest BCUT2D eigenvalue weighted by atomic mass is 35.5. The lowest BCUT2D eigenvalue weighted by molar-refractivity contribution is 0.683. The molecule has 3 atom stereocenters. The van der Waals surface area contributed by atoms with Crippen LogP contribution in [0.3, 0.4) is 0 Å². The minimum atomic E-state index is -1.46. The van der Waals surface area contributed by atoms with E-state index in [9.17, 15) is 4.21 Å². The van der Waals surface area contributed by atoms with Crippen molar-refractivity contribution in [1.29, 1.82) is 0 Å². The molecule has 0 fully saturated rings. The zero-order valence-corrected chi connectivity index (χ0v) is 8.29. The fourth-order valence-electron chi connectivity index (χ4n) is 1.17. The monoisotopic (exact) mass is 221 g/mol. The van der Waals surface area contributed by atoms with Crippen LogP contribution in [0.4, 0.5) is 0 Å². The zero-order chi connectivity index (χ0) is 9.64. The maximum absolute atomic E-state index is 11.6. The van der Waals surface area contributed by atoms with Crippen LogP contribution in [0.5, 0.6) is 0 Å². The molecular weight excluding hydrogens is 215 g/mol. The van der Waals surface area contributed by atoms with E-state index in [1.807, 2.05) is 0 Å². The molecule has 2 rings (SSSR count). The molecule has 0 aromatic heterocycles. The van der Waals surface area contributed by atoms with Gasteiger partial charge < -0.3 is 0 Å². The second kappa shape index (κ2) is 3.02. The highest BCUT2D eigenvalue weighted by Crippen LogP contribution is 2.42. The van der Waals surface area contributed by atoms with Crippen LogP contribution in [-0.4, -0.2) is 8.92 Å². The Kier molecular flexibility index (Phi) is 1.85. The van der Waals surface area contributed by atoms with Crippen LogP contribution in [0.1, 0.15) is 12.3 Å². The Morgan fingerprint density at radius 1 is 1.42 bits per heavy atom. The third kappa shape index (κ3) is 1.10. The van der Waals surface area contributed by atoms with Crippen molar-refractivity contribution in [2.24, 2.45) is 0 Å². The Bertz CT molecular complexity index is 380. The summed E-state index contributed by atoms with van der Waals surface area (Å²) in [5, 5.41) is -1.46. The normalized spacial score (nSPS) is 40.7. The van der Waals surface area contributed by atoms with Crippen LogP contribution in [0.2, 0.25) is 0 Å². The lowest BCUT2D eigenvalue weighted by atomic mass is 10.2. The summed E-state index contributed by atoms with van der Waals surface area (Å²) in [5.74, 6) is 0. The van der Waals surface area contributed by atoms with E-state index >= 15 is 0 Å². The Hall–Kier alpha value is -0.0500. The molecule has 4 heteroatoms. The quantitative estimate of drug-likeness (QED) is 0.616. The molecule has 1 aliphatic heterocycles. The first-order chi connectivity index (χ1) is 6.05. The number of alkyl halides is 2. The predicted octanol–water partition coefficient (Wildman–Crippen LogP) is 2.65. The zero-order valence-electron chi connectivity index (χ0n) is 6.96. The minimum Gasteiger partial charge on any atom is -0.253 e. The van der Waals surface area contributed by atoms with Gasteiger partial charge in [-0.2, -0.15) is 0 Å². The average molecular weight is 222 g/mol. The van der Waals surface area contributed by atoms with E-state index in [1.54, 1.807) is 24.3 Å². The van der Waals surface area contributed by atoms with Crippen LogP contribution in [0, 0.1) is 0 Å². The van der Waals surface area contributed by atoms with Crippen molar-refractivity contribution in [2.75, 3.05) is 0 Å². The van der Waals surface area contributed by atoms with Crippen LogP contribution in [0.25, 0.3) is 0 Å². The molecule has 0 radical (unpaired) electrons. The molecule has 1 nitrogen and oxygen atoms in total. The largest absolute Gasteiger partial charge is 0.253 e. The van der Waals surface area contributed by atoms with Crippen molar-refractivity contribution in [1.82, 2.24) is 0 Å². The summed E-state index contributed by atoms with van der Waals surface area (Å²) in [6.07, 6.45) is 0.